The van der Waals surface area contributed by atoms with Gasteiger partial charge in [0, 0.05) is 24.4 Å². The molecule has 0 amide bonds. The summed E-state index contributed by atoms with van der Waals surface area (Å²) in [6, 6.07) is 0. The molecule has 5 aliphatic rings. The summed E-state index contributed by atoms with van der Waals surface area (Å²) in [7, 11) is 1.95. The van der Waals surface area contributed by atoms with Crippen molar-refractivity contribution >= 4 is 0 Å². The molecule has 0 aromatic carbocycles. The second-order valence-electron chi connectivity index (χ2n) is 11.9. The second-order valence-corrected chi connectivity index (χ2v) is 11.9. The van der Waals surface area contributed by atoms with E-state index in [9.17, 15) is 0 Å². The van der Waals surface area contributed by atoms with Gasteiger partial charge in [0.25, 0.3) is 0 Å². The van der Waals surface area contributed by atoms with Crippen LogP contribution in [-0.4, -0.2) is 32.2 Å². The summed E-state index contributed by atoms with van der Waals surface area (Å²) < 4.78 is 19.5. The average Bonchev–Trinajstić information content (AvgIpc) is 2.95. The van der Waals surface area contributed by atoms with Crippen LogP contribution in [0.2, 0.25) is 0 Å². The second kappa shape index (κ2) is 6.31. The molecule has 0 bridgehead atoms. The van der Waals surface area contributed by atoms with Crippen molar-refractivity contribution in [3.05, 3.63) is 12.2 Å². The molecule has 158 valence electrons. The number of rotatable bonds is 1. The molecule has 28 heavy (non-hydrogen) atoms. The minimum atomic E-state index is -0.390. The molecule has 3 unspecified atom stereocenters. The first-order valence-electron chi connectivity index (χ1n) is 11.7. The highest BCUT2D eigenvalue weighted by Gasteiger charge is 2.69. The van der Waals surface area contributed by atoms with Crippen LogP contribution in [0.3, 0.4) is 0 Å². The summed E-state index contributed by atoms with van der Waals surface area (Å²) in [6.07, 6.45) is 13.9. The van der Waals surface area contributed by atoms with E-state index >= 15 is 0 Å². The molecule has 1 aliphatic heterocycles. The SMILES string of the molecule is CO[C@H]1C[C@@]2(C)C(CCC23OCC(C)(C)CO3)[C@@H]2CCC3C=CCC[C@]3(C)C21. The van der Waals surface area contributed by atoms with E-state index in [1.807, 2.05) is 7.11 Å². The standard InChI is InChI=1S/C25H40O3/c1-22(2)15-27-25(28-16-22)13-11-19-18-10-9-17-8-6-7-12-23(17,3)21(18)20(26-5)14-24(19,25)4/h6,8,17-21H,7,9-16H2,1-5H3/t17?,18-,19?,20-,21?,23-,24-/m0/s1. The Balaban J connectivity index is 1.50. The molecule has 3 nitrogen and oxygen atoms in total. The molecule has 3 heteroatoms. The molecule has 1 heterocycles. The maximum Gasteiger partial charge on any atom is 0.173 e. The van der Waals surface area contributed by atoms with Crippen LogP contribution < -0.4 is 0 Å². The lowest BCUT2D eigenvalue weighted by atomic mass is 9.45. The minimum Gasteiger partial charge on any atom is -0.381 e. The number of hydrogen-bond donors (Lipinski definition) is 0. The Bertz CT molecular complexity index is 644. The third-order valence-corrected chi connectivity index (χ3v) is 9.81. The number of ether oxygens (including phenoxy) is 3. The largest absolute Gasteiger partial charge is 0.381 e. The van der Waals surface area contributed by atoms with Crippen LogP contribution in [0.4, 0.5) is 0 Å². The van der Waals surface area contributed by atoms with E-state index in [2.05, 4.69) is 39.8 Å². The number of hydrogen-bond acceptors (Lipinski definition) is 3. The zero-order valence-electron chi connectivity index (χ0n) is 18.6. The normalized spacial score (nSPS) is 51.4. The number of methoxy groups -OCH3 is 1. The van der Waals surface area contributed by atoms with Crippen molar-refractivity contribution in [2.24, 2.45) is 39.9 Å². The van der Waals surface area contributed by atoms with Gasteiger partial charge >= 0.3 is 0 Å². The van der Waals surface area contributed by atoms with E-state index in [1.165, 1.54) is 32.1 Å². The van der Waals surface area contributed by atoms with Gasteiger partial charge in [0.1, 0.15) is 0 Å². The summed E-state index contributed by atoms with van der Waals surface area (Å²) >= 11 is 0. The highest BCUT2D eigenvalue weighted by atomic mass is 16.7. The van der Waals surface area contributed by atoms with E-state index < -0.39 is 0 Å². The van der Waals surface area contributed by atoms with E-state index in [4.69, 9.17) is 14.2 Å². The van der Waals surface area contributed by atoms with Gasteiger partial charge in [0.05, 0.1) is 19.3 Å². The molecular weight excluding hydrogens is 348 g/mol. The third-order valence-electron chi connectivity index (χ3n) is 9.81. The molecular formula is C25H40O3. The molecule has 0 radical (unpaired) electrons. The Labute approximate surface area is 171 Å². The Morgan fingerprint density at radius 1 is 0.964 bits per heavy atom. The van der Waals surface area contributed by atoms with Crippen molar-refractivity contribution in [2.75, 3.05) is 20.3 Å². The first kappa shape index (κ1) is 19.6. The average molecular weight is 389 g/mol. The predicted octanol–water partition coefficient (Wildman–Crippen LogP) is 5.59. The van der Waals surface area contributed by atoms with Gasteiger partial charge in [0.2, 0.25) is 0 Å². The summed E-state index contributed by atoms with van der Waals surface area (Å²) in [4.78, 5) is 0. The molecule has 3 saturated carbocycles. The Hall–Kier alpha value is -0.380. The van der Waals surface area contributed by atoms with Crippen LogP contribution in [0.1, 0.15) is 72.6 Å². The summed E-state index contributed by atoms with van der Waals surface area (Å²) in [6.45, 7) is 11.2. The van der Waals surface area contributed by atoms with Crippen LogP contribution in [0.25, 0.3) is 0 Å². The van der Waals surface area contributed by atoms with E-state index in [0.717, 1.165) is 37.9 Å². The zero-order chi connectivity index (χ0) is 19.8. The fraction of sp³-hybridized carbons (Fsp3) is 0.920. The molecule has 0 aromatic rings. The highest BCUT2D eigenvalue weighted by molar-refractivity contribution is 5.17. The van der Waals surface area contributed by atoms with E-state index in [0.29, 0.717) is 23.4 Å². The van der Waals surface area contributed by atoms with Gasteiger partial charge in [-0.15, -0.1) is 0 Å². The van der Waals surface area contributed by atoms with E-state index in [-0.39, 0.29) is 16.6 Å². The Kier molecular flexibility index (Phi) is 4.41. The fourth-order valence-electron chi connectivity index (χ4n) is 8.27. The van der Waals surface area contributed by atoms with Crippen LogP contribution >= 0.6 is 0 Å². The fourth-order valence-corrected chi connectivity index (χ4v) is 8.27. The topological polar surface area (TPSA) is 27.7 Å². The van der Waals surface area contributed by atoms with Gasteiger partial charge in [-0.25, -0.2) is 0 Å². The molecule has 1 saturated heterocycles. The van der Waals surface area contributed by atoms with Crippen molar-refractivity contribution < 1.29 is 14.2 Å². The third kappa shape index (κ3) is 2.51. The molecule has 1 spiro atoms. The van der Waals surface area contributed by atoms with Crippen LogP contribution in [0.5, 0.6) is 0 Å². The Morgan fingerprint density at radius 3 is 2.43 bits per heavy atom. The van der Waals surface area contributed by atoms with Crippen LogP contribution in [0.15, 0.2) is 12.2 Å². The maximum atomic E-state index is 6.63. The lowest BCUT2D eigenvalue weighted by Crippen LogP contribution is -2.63. The Morgan fingerprint density at radius 2 is 1.71 bits per heavy atom. The lowest BCUT2D eigenvalue weighted by molar-refractivity contribution is -0.353. The minimum absolute atomic E-state index is 0.0685. The van der Waals surface area contributed by atoms with Gasteiger partial charge in [-0.2, -0.15) is 0 Å². The maximum absolute atomic E-state index is 6.63. The first-order chi connectivity index (χ1) is 13.2. The van der Waals surface area contributed by atoms with Crippen molar-refractivity contribution in [1.82, 2.24) is 0 Å². The summed E-state index contributed by atoms with van der Waals surface area (Å²) in [5, 5.41) is 0. The number of allylic oxidation sites excluding steroid dienone is 2. The monoisotopic (exact) mass is 388 g/mol. The molecule has 7 atom stereocenters. The number of fused-ring (bicyclic) bond motifs is 6. The van der Waals surface area contributed by atoms with E-state index in [1.54, 1.807) is 0 Å². The van der Waals surface area contributed by atoms with Crippen molar-refractivity contribution in [1.29, 1.82) is 0 Å². The molecule has 0 N–H and O–H groups in total. The van der Waals surface area contributed by atoms with Gasteiger partial charge in [-0.05, 0) is 67.6 Å². The van der Waals surface area contributed by atoms with Crippen molar-refractivity contribution in [2.45, 2.75) is 84.5 Å². The summed E-state index contributed by atoms with van der Waals surface area (Å²) in [5.74, 6) is 2.48. The van der Waals surface area contributed by atoms with Crippen LogP contribution in [0, 0.1) is 39.9 Å². The summed E-state index contributed by atoms with van der Waals surface area (Å²) in [5.41, 5.74) is 0.586. The molecule has 4 fully saturated rings. The van der Waals surface area contributed by atoms with Gasteiger partial charge in [0.15, 0.2) is 5.79 Å². The smallest absolute Gasteiger partial charge is 0.173 e. The quantitative estimate of drug-likeness (QED) is 0.548. The highest BCUT2D eigenvalue weighted by Crippen LogP contribution is 2.69. The zero-order valence-corrected chi connectivity index (χ0v) is 18.6. The predicted molar refractivity (Wildman–Crippen MR) is 111 cm³/mol. The molecule has 4 aliphatic carbocycles. The molecule has 0 aromatic heterocycles. The lowest BCUT2D eigenvalue weighted by Gasteiger charge is -2.63. The van der Waals surface area contributed by atoms with Crippen LogP contribution in [-0.2, 0) is 14.2 Å². The van der Waals surface area contributed by atoms with Crippen molar-refractivity contribution in [3.63, 3.8) is 0 Å². The van der Waals surface area contributed by atoms with Gasteiger partial charge < -0.3 is 14.2 Å². The molecule has 5 rings (SSSR count). The first-order valence-corrected chi connectivity index (χ1v) is 11.7. The van der Waals surface area contributed by atoms with Gasteiger partial charge in [-0.3, -0.25) is 0 Å². The van der Waals surface area contributed by atoms with Gasteiger partial charge in [-0.1, -0.05) is 39.8 Å². The van der Waals surface area contributed by atoms with Crippen molar-refractivity contribution in [3.8, 4) is 0 Å².